The maximum atomic E-state index is 13.2. The van der Waals surface area contributed by atoms with E-state index in [4.69, 9.17) is 4.74 Å². The van der Waals surface area contributed by atoms with Crippen LogP contribution in [0.3, 0.4) is 0 Å². The number of aryl methyl sites for hydroxylation is 2. The van der Waals surface area contributed by atoms with Gasteiger partial charge in [-0.15, -0.1) is 0 Å². The number of para-hydroxylation sites is 1. The lowest BCUT2D eigenvalue weighted by atomic mass is 9.82. The molecule has 36 heavy (non-hydrogen) atoms. The summed E-state index contributed by atoms with van der Waals surface area (Å²) in [6.45, 7) is 6.07. The van der Waals surface area contributed by atoms with Crippen LogP contribution in [0.5, 0.6) is 11.5 Å². The van der Waals surface area contributed by atoms with Crippen LogP contribution in [-0.2, 0) is 9.59 Å². The van der Waals surface area contributed by atoms with Crippen molar-refractivity contribution in [1.82, 2.24) is 0 Å². The number of nitrogens with one attached hydrogen (secondary N) is 1. The smallest absolute Gasteiger partial charge is 0.257 e. The first kappa shape index (κ1) is 23.5. The lowest BCUT2D eigenvalue weighted by Gasteiger charge is -2.19. The Morgan fingerprint density at radius 1 is 0.861 bits per heavy atom. The Kier molecular flexibility index (Phi) is 6.18. The van der Waals surface area contributed by atoms with Crippen LogP contribution in [0.25, 0.3) is 0 Å². The quantitative estimate of drug-likeness (QED) is 0.349. The summed E-state index contributed by atoms with van der Waals surface area (Å²) in [6, 6.07) is 19.7. The Morgan fingerprint density at radius 2 is 1.56 bits per heavy atom. The van der Waals surface area contributed by atoms with Crippen molar-refractivity contribution in [2.45, 2.75) is 33.6 Å². The summed E-state index contributed by atoms with van der Waals surface area (Å²) >= 11 is 0. The molecule has 3 amide bonds. The van der Waals surface area contributed by atoms with Gasteiger partial charge in [-0.3, -0.25) is 14.4 Å². The molecular weight excluding hydrogens is 452 g/mol. The van der Waals surface area contributed by atoms with Crippen molar-refractivity contribution >= 4 is 29.1 Å². The van der Waals surface area contributed by atoms with Gasteiger partial charge in [0.15, 0.2) is 0 Å². The topological polar surface area (TPSA) is 75.7 Å². The first-order valence-electron chi connectivity index (χ1n) is 12.1. The summed E-state index contributed by atoms with van der Waals surface area (Å²) < 4.78 is 5.92. The van der Waals surface area contributed by atoms with Gasteiger partial charge < -0.3 is 10.1 Å². The number of nitrogens with zero attached hydrogens (tertiary/aromatic N) is 1. The fraction of sp³-hybridized carbons (Fsp3) is 0.233. The zero-order valence-corrected chi connectivity index (χ0v) is 20.6. The van der Waals surface area contributed by atoms with E-state index in [-0.39, 0.29) is 29.2 Å². The second kappa shape index (κ2) is 9.46. The van der Waals surface area contributed by atoms with Gasteiger partial charge in [0.05, 0.1) is 23.1 Å². The van der Waals surface area contributed by atoms with E-state index < -0.39 is 5.91 Å². The SMILES string of the molecule is CC1=CC[C@@H]2C(=O)N(c3ccccc3C(=O)Nc3ccc(Oc4ccc(C)c(C)c4)cc3)C(=O)[C@@H]2C1. The molecule has 3 aromatic rings. The fourth-order valence-corrected chi connectivity index (χ4v) is 4.85. The van der Waals surface area contributed by atoms with Crippen LogP contribution in [0.2, 0.25) is 0 Å². The molecule has 1 heterocycles. The average Bonchev–Trinajstić information content (AvgIpc) is 3.11. The number of fused-ring (bicyclic) bond motifs is 1. The molecule has 2 aliphatic rings. The van der Waals surface area contributed by atoms with Crippen LogP contribution in [0, 0.1) is 25.7 Å². The van der Waals surface area contributed by atoms with Gasteiger partial charge in [-0.25, -0.2) is 4.90 Å². The Bertz CT molecular complexity index is 1390. The number of hydrogen-bond acceptors (Lipinski definition) is 4. The van der Waals surface area contributed by atoms with E-state index in [0.717, 1.165) is 16.9 Å². The van der Waals surface area contributed by atoms with E-state index in [9.17, 15) is 14.4 Å². The van der Waals surface area contributed by atoms with Gasteiger partial charge >= 0.3 is 0 Å². The standard InChI is InChI=1S/C30H28N2O4/c1-18-8-15-24-26(16-18)30(35)32(29(24)34)27-7-5-4-6-25(27)28(33)31-21-10-13-22(14-11-21)36-23-12-9-19(2)20(3)17-23/h4-14,17,24,26H,15-16H2,1-3H3,(H,31,33)/t24-,26+/m0/s1. The van der Waals surface area contributed by atoms with Gasteiger partial charge in [-0.05, 0) is 93.3 Å². The molecule has 0 spiro atoms. The van der Waals surface area contributed by atoms with Crippen LogP contribution in [0.4, 0.5) is 11.4 Å². The number of carbonyl (C=O) groups excluding carboxylic acids is 3. The fourth-order valence-electron chi connectivity index (χ4n) is 4.85. The number of anilines is 2. The van der Waals surface area contributed by atoms with Gasteiger partial charge in [-0.1, -0.05) is 29.8 Å². The van der Waals surface area contributed by atoms with Crippen LogP contribution < -0.4 is 15.0 Å². The molecule has 0 radical (unpaired) electrons. The second-order valence-electron chi connectivity index (χ2n) is 9.56. The molecule has 0 unspecified atom stereocenters. The number of amides is 3. The first-order valence-corrected chi connectivity index (χ1v) is 12.1. The number of benzene rings is 3. The van der Waals surface area contributed by atoms with Gasteiger partial charge in [-0.2, -0.15) is 0 Å². The lowest BCUT2D eigenvalue weighted by Crippen LogP contribution is -2.33. The third kappa shape index (κ3) is 4.42. The van der Waals surface area contributed by atoms with Gasteiger partial charge in [0, 0.05) is 5.69 Å². The van der Waals surface area contributed by atoms with E-state index in [2.05, 4.69) is 12.2 Å². The molecule has 6 nitrogen and oxygen atoms in total. The van der Waals surface area contributed by atoms with Gasteiger partial charge in [0.25, 0.3) is 5.91 Å². The normalized spacial score (nSPS) is 19.1. The minimum absolute atomic E-state index is 0.231. The summed E-state index contributed by atoms with van der Waals surface area (Å²) in [5, 5.41) is 2.88. The highest BCUT2D eigenvalue weighted by Crippen LogP contribution is 2.40. The van der Waals surface area contributed by atoms with Crippen molar-refractivity contribution in [3.8, 4) is 11.5 Å². The maximum Gasteiger partial charge on any atom is 0.257 e. The minimum Gasteiger partial charge on any atom is -0.457 e. The number of rotatable bonds is 5. The van der Waals surface area contributed by atoms with Crippen molar-refractivity contribution in [1.29, 1.82) is 0 Å². The molecule has 1 aliphatic heterocycles. The summed E-state index contributed by atoms with van der Waals surface area (Å²) in [5.41, 5.74) is 4.65. The third-order valence-corrected chi connectivity index (χ3v) is 7.04. The highest BCUT2D eigenvalue weighted by atomic mass is 16.5. The predicted molar refractivity (Wildman–Crippen MR) is 139 cm³/mol. The summed E-state index contributed by atoms with van der Waals surface area (Å²) in [7, 11) is 0. The Balaban J connectivity index is 1.32. The molecular formula is C30H28N2O4. The highest BCUT2D eigenvalue weighted by molar-refractivity contribution is 6.25. The molecule has 2 atom stereocenters. The molecule has 0 aromatic heterocycles. The minimum atomic E-state index is -0.391. The van der Waals surface area contributed by atoms with E-state index in [1.54, 1.807) is 48.5 Å². The van der Waals surface area contributed by atoms with Gasteiger partial charge in [0.1, 0.15) is 11.5 Å². The van der Waals surface area contributed by atoms with E-state index in [0.29, 0.717) is 30.0 Å². The van der Waals surface area contributed by atoms with Crippen LogP contribution >= 0.6 is 0 Å². The number of allylic oxidation sites excluding steroid dienone is 2. The maximum absolute atomic E-state index is 13.2. The third-order valence-electron chi connectivity index (χ3n) is 7.04. The van der Waals surface area contributed by atoms with E-state index >= 15 is 0 Å². The Morgan fingerprint density at radius 3 is 2.31 bits per heavy atom. The molecule has 1 fully saturated rings. The molecule has 5 rings (SSSR count). The monoisotopic (exact) mass is 480 g/mol. The Labute approximate surface area is 210 Å². The molecule has 182 valence electrons. The second-order valence-corrected chi connectivity index (χ2v) is 9.56. The first-order chi connectivity index (χ1) is 17.3. The largest absolute Gasteiger partial charge is 0.457 e. The zero-order valence-electron chi connectivity index (χ0n) is 20.6. The molecule has 1 saturated heterocycles. The molecule has 6 heteroatoms. The van der Waals surface area contributed by atoms with E-state index in [1.165, 1.54) is 10.5 Å². The van der Waals surface area contributed by atoms with Crippen molar-refractivity contribution in [2.24, 2.45) is 11.8 Å². The molecule has 0 bridgehead atoms. The predicted octanol–water partition coefficient (Wildman–Crippen LogP) is 6.19. The van der Waals surface area contributed by atoms with Crippen LogP contribution in [0.1, 0.15) is 41.3 Å². The number of hydrogen-bond donors (Lipinski definition) is 1. The zero-order chi connectivity index (χ0) is 25.4. The summed E-state index contributed by atoms with van der Waals surface area (Å²) in [5.74, 6) is -0.178. The van der Waals surface area contributed by atoms with Crippen molar-refractivity contribution in [2.75, 3.05) is 10.2 Å². The van der Waals surface area contributed by atoms with Crippen LogP contribution in [-0.4, -0.2) is 17.7 Å². The number of carbonyl (C=O) groups is 3. The Hall–Kier alpha value is -4.19. The highest BCUT2D eigenvalue weighted by Gasteiger charge is 2.49. The molecule has 3 aromatic carbocycles. The summed E-state index contributed by atoms with van der Waals surface area (Å²) in [6.07, 6.45) is 3.17. The molecule has 1 N–H and O–H groups in total. The lowest BCUT2D eigenvalue weighted by molar-refractivity contribution is -0.122. The average molecular weight is 481 g/mol. The van der Waals surface area contributed by atoms with Gasteiger partial charge in [0.2, 0.25) is 11.8 Å². The van der Waals surface area contributed by atoms with Crippen molar-refractivity contribution in [3.63, 3.8) is 0 Å². The number of ether oxygens (including phenoxy) is 1. The van der Waals surface area contributed by atoms with Crippen LogP contribution in [0.15, 0.2) is 78.4 Å². The van der Waals surface area contributed by atoms with E-state index in [1.807, 2.05) is 38.1 Å². The molecule has 0 saturated carbocycles. The van der Waals surface area contributed by atoms with Crippen molar-refractivity contribution < 1.29 is 19.1 Å². The van der Waals surface area contributed by atoms with Crippen molar-refractivity contribution in [3.05, 3.63) is 95.1 Å². The summed E-state index contributed by atoms with van der Waals surface area (Å²) in [4.78, 5) is 40.8. The number of imide groups is 1. The molecule has 1 aliphatic carbocycles.